The van der Waals surface area contributed by atoms with Crippen molar-refractivity contribution in [3.8, 4) is 5.75 Å². The molecule has 6 nitrogen and oxygen atoms in total. The molecule has 114 valence electrons. The number of aryl methyl sites for hydroxylation is 1. The van der Waals surface area contributed by atoms with E-state index in [-0.39, 0.29) is 17.5 Å². The molecule has 1 aliphatic carbocycles. The summed E-state index contributed by atoms with van der Waals surface area (Å²) < 4.78 is 0. The topological polar surface area (TPSA) is 108 Å². The molecule has 5 N–H and O–H groups in total. The summed E-state index contributed by atoms with van der Waals surface area (Å²) in [6.45, 7) is 1.76. The van der Waals surface area contributed by atoms with E-state index >= 15 is 0 Å². The van der Waals surface area contributed by atoms with Crippen molar-refractivity contribution in [1.29, 1.82) is 0 Å². The SMILES string of the molecule is Cc1ccc(C(=O)NC2(/C(N)=N/O)CCCCC2)cc1O. The molecule has 1 saturated carbocycles. The minimum atomic E-state index is -0.801. The Morgan fingerprint density at radius 1 is 1.33 bits per heavy atom. The summed E-state index contributed by atoms with van der Waals surface area (Å²) in [5.74, 6) is -0.227. The van der Waals surface area contributed by atoms with Crippen LogP contribution >= 0.6 is 0 Å². The monoisotopic (exact) mass is 291 g/mol. The Hall–Kier alpha value is -2.24. The van der Waals surface area contributed by atoms with E-state index in [0.29, 0.717) is 24.0 Å². The Balaban J connectivity index is 2.23. The number of benzene rings is 1. The molecule has 21 heavy (non-hydrogen) atoms. The number of nitrogens with two attached hydrogens (primary N) is 1. The van der Waals surface area contributed by atoms with Crippen molar-refractivity contribution in [2.75, 3.05) is 0 Å². The van der Waals surface area contributed by atoms with Crippen LogP contribution < -0.4 is 11.1 Å². The van der Waals surface area contributed by atoms with Crippen LogP contribution in [0.5, 0.6) is 5.75 Å². The predicted octanol–water partition coefficient (Wildman–Crippen LogP) is 1.88. The molecule has 0 radical (unpaired) electrons. The molecule has 0 atom stereocenters. The van der Waals surface area contributed by atoms with E-state index in [0.717, 1.165) is 19.3 Å². The number of oxime groups is 1. The lowest BCUT2D eigenvalue weighted by Gasteiger charge is -2.36. The molecule has 0 bridgehead atoms. The molecule has 0 heterocycles. The molecule has 1 amide bonds. The smallest absolute Gasteiger partial charge is 0.252 e. The molecule has 2 rings (SSSR count). The minimum absolute atomic E-state index is 0.0342. The zero-order valence-corrected chi connectivity index (χ0v) is 12.1. The Bertz CT molecular complexity index is 563. The lowest BCUT2D eigenvalue weighted by molar-refractivity contribution is 0.0905. The second-order valence-corrected chi connectivity index (χ2v) is 5.58. The number of rotatable bonds is 3. The second kappa shape index (κ2) is 6.03. The van der Waals surface area contributed by atoms with E-state index < -0.39 is 5.54 Å². The summed E-state index contributed by atoms with van der Waals surface area (Å²) in [7, 11) is 0. The highest BCUT2D eigenvalue weighted by molar-refractivity contribution is 6.00. The van der Waals surface area contributed by atoms with Crippen LogP contribution in [0.15, 0.2) is 23.4 Å². The number of hydrogen-bond acceptors (Lipinski definition) is 4. The van der Waals surface area contributed by atoms with Gasteiger partial charge in [-0.05, 0) is 37.5 Å². The number of carbonyl (C=O) groups excluding carboxylic acids is 1. The van der Waals surface area contributed by atoms with Crippen LogP contribution in [-0.2, 0) is 0 Å². The summed E-state index contributed by atoms with van der Waals surface area (Å²) >= 11 is 0. The second-order valence-electron chi connectivity index (χ2n) is 5.58. The van der Waals surface area contributed by atoms with E-state index in [1.807, 2.05) is 0 Å². The van der Waals surface area contributed by atoms with Gasteiger partial charge in [0.15, 0.2) is 5.84 Å². The number of hydrogen-bond donors (Lipinski definition) is 4. The number of nitrogens with zero attached hydrogens (tertiary/aromatic N) is 1. The summed E-state index contributed by atoms with van der Waals surface area (Å²) in [5.41, 5.74) is 6.06. The van der Waals surface area contributed by atoms with Gasteiger partial charge in [-0.2, -0.15) is 0 Å². The zero-order valence-electron chi connectivity index (χ0n) is 12.1. The Morgan fingerprint density at radius 2 is 2.00 bits per heavy atom. The van der Waals surface area contributed by atoms with Gasteiger partial charge in [-0.15, -0.1) is 0 Å². The fourth-order valence-corrected chi connectivity index (χ4v) is 2.74. The van der Waals surface area contributed by atoms with Gasteiger partial charge in [0.25, 0.3) is 5.91 Å². The highest BCUT2D eigenvalue weighted by atomic mass is 16.4. The van der Waals surface area contributed by atoms with Crippen LogP contribution in [-0.4, -0.2) is 27.6 Å². The maximum atomic E-state index is 12.4. The summed E-state index contributed by atoms with van der Waals surface area (Å²) in [4.78, 5) is 12.4. The van der Waals surface area contributed by atoms with Gasteiger partial charge in [-0.1, -0.05) is 30.5 Å². The van der Waals surface area contributed by atoms with Gasteiger partial charge in [0.05, 0.1) is 0 Å². The molecule has 1 aliphatic rings. The van der Waals surface area contributed by atoms with Gasteiger partial charge in [0, 0.05) is 5.56 Å². The fourth-order valence-electron chi connectivity index (χ4n) is 2.74. The maximum Gasteiger partial charge on any atom is 0.252 e. The highest BCUT2D eigenvalue weighted by Crippen LogP contribution is 2.29. The molecule has 0 aromatic heterocycles. The van der Waals surface area contributed by atoms with Gasteiger partial charge >= 0.3 is 0 Å². The van der Waals surface area contributed by atoms with Gasteiger partial charge < -0.3 is 21.4 Å². The number of amides is 1. The third-order valence-electron chi connectivity index (χ3n) is 4.13. The first-order valence-electron chi connectivity index (χ1n) is 7.09. The summed E-state index contributed by atoms with van der Waals surface area (Å²) in [6, 6.07) is 4.75. The zero-order chi connectivity index (χ0) is 15.5. The average Bonchev–Trinajstić information content (AvgIpc) is 2.50. The molecule has 0 saturated heterocycles. The number of amidine groups is 1. The van der Waals surface area contributed by atoms with Crippen molar-refractivity contribution >= 4 is 11.7 Å². The molecular weight excluding hydrogens is 270 g/mol. The number of aromatic hydroxyl groups is 1. The van der Waals surface area contributed by atoms with Gasteiger partial charge in [-0.25, -0.2) is 0 Å². The molecule has 0 spiro atoms. The number of phenols is 1. The van der Waals surface area contributed by atoms with Crippen molar-refractivity contribution in [1.82, 2.24) is 5.32 Å². The molecule has 0 aliphatic heterocycles. The quantitative estimate of drug-likeness (QED) is 0.295. The average molecular weight is 291 g/mol. The standard InChI is InChI=1S/C15H21N3O3/c1-10-5-6-11(9-12(10)19)13(20)17-15(14(16)18-21)7-3-2-4-8-15/h5-6,9,19,21H,2-4,7-8H2,1H3,(H2,16,18)(H,17,20). The number of carbonyl (C=O) groups is 1. The maximum absolute atomic E-state index is 12.4. The first kappa shape index (κ1) is 15.2. The van der Waals surface area contributed by atoms with Crippen LogP contribution in [0.1, 0.15) is 48.0 Å². The van der Waals surface area contributed by atoms with Gasteiger partial charge in [0.2, 0.25) is 0 Å². The van der Waals surface area contributed by atoms with Crippen molar-refractivity contribution < 1.29 is 15.1 Å². The minimum Gasteiger partial charge on any atom is -0.508 e. The van der Waals surface area contributed by atoms with Gasteiger partial charge in [0.1, 0.15) is 11.3 Å². The predicted molar refractivity (Wildman–Crippen MR) is 79.5 cm³/mol. The van der Waals surface area contributed by atoms with Crippen molar-refractivity contribution in [3.05, 3.63) is 29.3 Å². The van der Waals surface area contributed by atoms with E-state index in [4.69, 9.17) is 10.9 Å². The highest BCUT2D eigenvalue weighted by Gasteiger charge is 2.38. The van der Waals surface area contributed by atoms with Crippen LogP contribution in [0.4, 0.5) is 0 Å². The Kier molecular flexibility index (Phi) is 4.35. The third-order valence-corrected chi connectivity index (χ3v) is 4.13. The van der Waals surface area contributed by atoms with Crippen LogP contribution in [0.25, 0.3) is 0 Å². The van der Waals surface area contributed by atoms with E-state index in [1.54, 1.807) is 19.1 Å². The lowest BCUT2D eigenvalue weighted by atomic mass is 9.80. The largest absolute Gasteiger partial charge is 0.508 e. The fraction of sp³-hybridized carbons (Fsp3) is 0.467. The lowest BCUT2D eigenvalue weighted by Crippen LogP contribution is -2.58. The molecule has 1 aromatic rings. The first-order chi connectivity index (χ1) is 9.98. The summed E-state index contributed by atoms with van der Waals surface area (Å²) in [6.07, 6.45) is 4.19. The number of phenolic OH excluding ortho intramolecular Hbond substituents is 1. The third kappa shape index (κ3) is 3.09. The summed E-state index contributed by atoms with van der Waals surface area (Å²) in [5, 5.41) is 24.7. The van der Waals surface area contributed by atoms with Crippen molar-refractivity contribution in [3.63, 3.8) is 0 Å². The van der Waals surface area contributed by atoms with Crippen LogP contribution in [0, 0.1) is 6.92 Å². The van der Waals surface area contributed by atoms with Crippen LogP contribution in [0.2, 0.25) is 0 Å². The van der Waals surface area contributed by atoms with Crippen LogP contribution in [0.3, 0.4) is 0 Å². The van der Waals surface area contributed by atoms with Gasteiger partial charge in [-0.3, -0.25) is 4.79 Å². The molecule has 1 aromatic carbocycles. The van der Waals surface area contributed by atoms with E-state index in [9.17, 15) is 9.90 Å². The molecule has 6 heteroatoms. The Labute approximate surface area is 123 Å². The molecule has 1 fully saturated rings. The van der Waals surface area contributed by atoms with Crippen molar-refractivity contribution in [2.24, 2.45) is 10.9 Å². The van der Waals surface area contributed by atoms with E-state index in [1.165, 1.54) is 6.07 Å². The van der Waals surface area contributed by atoms with E-state index in [2.05, 4.69) is 10.5 Å². The molecule has 0 unspecified atom stereocenters. The van der Waals surface area contributed by atoms with Crippen molar-refractivity contribution in [2.45, 2.75) is 44.6 Å². The first-order valence-corrected chi connectivity index (χ1v) is 7.09. The molecular formula is C15H21N3O3. The normalized spacial score (nSPS) is 18.2. The number of nitrogens with one attached hydrogen (secondary N) is 1. The Morgan fingerprint density at radius 3 is 2.57 bits per heavy atom.